The van der Waals surface area contributed by atoms with Crippen molar-refractivity contribution in [1.82, 2.24) is 4.98 Å². The van der Waals surface area contributed by atoms with Crippen LogP contribution >= 0.6 is 24.0 Å². The largest absolute Gasteiger partial charge is 0.462 e. The highest BCUT2D eigenvalue weighted by Crippen LogP contribution is 2.36. The van der Waals surface area contributed by atoms with Crippen molar-refractivity contribution in [1.29, 1.82) is 0 Å². The minimum absolute atomic E-state index is 0. The molecule has 8 heteroatoms. The van der Waals surface area contributed by atoms with E-state index in [-0.39, 0.29) is 40.5 Å². The minimum Gasteiger partial charge on any atom is -0.462 e. The van der Waals surface area contributed by atoms with Crippen LogP contribution in [0.15, 0.2) is 24.4 Å². The Morgan fingerprint density at radius 3 is 2.62 bits per heavy atom. The molecular weight excluding hydrogens is 330 g/mol. The number of para-hydroxylation sites is 1. The second-order valence-corrected chi connectivity index (χ2v) is 4.28. The number of nitrogens with zero attached hydrogens (tertiary/aromatic N) is 1. The molecule has 0 N–H and O–H groups in total. The molecule has 0 aliphatic rings. The second-order valence-electron chi connectivity index (χ2n) is 3.91. The molecule has 21 heavy (non-hydrogen) atoms. The molecule has 0 aliphatic heterocycles. The van der Waals surface area contributed by atoms with Gasteiger partial charge in [-0.2, -0.15) is 13.2 Å². The van der Waals surface area contributed by atoms with Gasteiger partial charge in [0, 0.05) is 11.6 Å². The van der Waals surface area contributed by atoms with Gasteiger partial charge in [-0.3, -0.25) is 4.98 Å². The first kappa shape index (κ1) is 17.5. The highest BCUT2D eigenvalue weighted by Gasteiger charge is 2.33. The standard InChI is InChI=1S/C13H9ClF3NO2.ClH/c1-2-20-12(19)8-6-18-11-7(10(8)14)4-3-5-9(11)13(15,16)17;/h3-6H,2H2,1H3;1H. The third-order valence-corrected chi connectivity index (χ3v) is 3.04. The number of carbonyl (C=O) groups excluding carboxylic acids is 1. The number of ether oxygens (including phenoxy) is 1. The molecule has 0 unspecified atom stereocenters. The molecule has 0 fully saturated rings. The lowest BCUT2D eigenvalue weighted by atomic mass is 10.1. The Bertz CT molecular complexity index is 674. The van der Waals surface area contributed by atoms with Gasteiger partial charge in [0.15, 0.2) is 0 Å². The summed E-state index contributed by atoms with van der Waals surface area (Å²) in [6.07, 6.45) is -3.54. The van der Waals surface area contributed by atoms with Crippen LogP contribution in [-0.2, 0) is 10.9 Å². The maximum atomic E-state index is 12.9. The molecule has 0 saturated heterocycles. The monoisotopic (exact) mass is 339 g/mol. The Kier molecular flexibility index (Phi) is 5.42. The van der Waals surface area contributed by atoms with Crippen LogP contribution in [0.4, 0.5) is 13.2 Å². The van der Waals surface area contributed by atoms with E-state index in [1.54, 1.807) is 6.92 Å². The van der Waals surface area contributed by atoms with Crippen molar-refractivity contribution >= 4 is 40.9 Å². The molecule has 0 amide bonds. The maximum absolute atomic E-state index is 12.9. The predicted molar refractivity (Wildman–Crippen MR) is 75.0 cm³/mol. The van der Waals surface area contributed by atoms with Crippen LogP contribution in [0.25, 0.3) is 10.9 Å². The molecule has 0 saturated carbocycles. The van der Waals surface area contributed by atoms with E-state index in [0.717, 1.165) is 12.3 Å². The first-order valence-electron chi connectivity index (χ1n) is 5.67. The SMILES string of the molecule is CCOC(=O)c1cnc2c(C(F)(F)F)cccc2c1Cl.Cl. The van der Waals surface area contributed by atoms with Crippen LogP contribution in [0.5, 0.6) is 0 Å². The van der Waals surface area contributed by atoms with Crippen LogP contribution in [0.3, 0.4) is 0 Å². The lowest BCUT2D eigenvalue weighted by Gasteiger charge is -2.11. The van der Waals surface area contributed by atoms with Crippen molar-refractivity contribution in [2.75, 3.05) is 6.61 Å². The second kappa shape index (κ2) is 6.49. The summed E-state index contributed by atoms with van der Waals surface area (Å²) in [5, 5.41) is -0.0356. The molecule has 1 aromatic carbocycles. The molecule has 2 aromatic rings. The Morgan fingerprint density at radius 1 is 1.38 bits per heavy atom. The average molecular weight is 340 g/mol. The number of esters is 1. The van der Waals surface area contributed by atoms with E-state index in [1.165, 1.54) is 12.1 Å². The summed E-state index contributed by atoms with van der Waals surface area (Å²) in [6.45, 7) is 1.75. The van der Waals surface area contributed by atoms with E-state index in [4.69, 9.17) is 16.3 Å². The quantitative estimate of drug-likeness (QED) is 0.756. The Morgan fingerprint density at radius 2 is 2.05 bits per heavy atom. The van der Waals surface area contributed by atoms with E-state index < -0.39 is 17.7 Å². The van der Waals surface area contributed by atoms with Crippen LogP contribution < -0.4 is 0 Å². The van der Waals surface area contributed by atoms with E-state index in [0.29, 0.717) is 0 Å². The molecular formula is C13H10Cl2F3NO2. The van der Waals surface area contributed by atoms with Crippen molar-refractivity contribution in [3.8, 4) is 0 Å². The topological polar surface area (TPSA) is 39.2 Å². The molecule has 0 atom stereocenters. The third kappa shape index (κ3) is 3.39. The van der Waals surface area contributed by atoms with Crippen molar-refractivity contribution in [3.63, 3.8) is 0 Å². The Labute approximate surface area is 129 Å². The number of pyridine rings is 1. The number of fused-ring (bicyclic) bond motifs is 1. The molecule has 2 rings (SSSR count). The molecule has 0 bridgehead atoms. The van der Waals surface area contributed by atoms with Crippen LogP contribution in [0, 0.1) is 0 Å². The highest BCUT2D eigenvalue weighted by atomic mass is 35.5. The number of alkyl halides is 3. The fourth-order valence-electron chi connectivity index (χ4n) is 1.77. The van der Waals surface area contributed by atoms with E-state index in [9.17, 15) is 18.0 Å². The maximum Gasteiger partial charge on any atom is 0.418 e. The number of halogens is 5. The zero-order valence-corrected chi connectivity index (χ0v) is 12.3. The van der Waals surface area contributed by atoms with Crippen LogP contribution in [0.2, 0.25) is 5.02 Å². The number of hydrogen-bond donors (Lipinski definition) is 0. The summed E-state index contributed by atoms with van der Waals surface area (Å²) in [7, 11) is 0. The number of benzene rings is 1. The number of hydrogen-bond acceptors (Lipinski definition) is 3. The van der Waals surface area contributed by atoms with Gasteiger partial charge in [0.25, 0.3) is 0 Å². The molecule has 3 nitrogen and oxygen atoms in total. The van der Waals surface area contributed by atoms with Gasteiger partial charge in [-0.25, -0.2) is 4.79 Å². The molecule has 114 valence electrons. The van der Waals surface area contributed by atoms with Crippen molar-refractivity contribution in [2.24, 2.45) is 0 Å². The van der Waals surface area contributed by atoms with Gasteiger partial charge in [0.1, 0.15) is 0 Å². The van der Waals surface area contributed by atoms with E-state index >= 15 is 0 Å². The normalized spacial score (nSPS) is 11.1. The summed E-state index contributed by atoms with van der Waals surface area (Å²) in [5.74, 6) is -0.718. The van der Waals surface area contributed by atoms with Crippen molar-refractivity contribution in [2.45, 2.75) is 13.1 Å². The molecule has 1 heterocycles. The van der Waals surface area contributed by atoms with Crippen LogP contribution in [0.1, 0.15) is 22.8 Å². The molecule has 1 aromatic heterocycles. The third-order valence-electron chi connectivity index (χ3n) is 2.63. The van der Waals surface area contributed by atoms with Gasteiger partial charge in [-0.1, -0.05) is 23.7 Å². The van der Waals surface area contributed by atoms with Gasteiger partial charge in [-0.05, 0) is 13.0 Å². The summed E-state index contributed by atoms with van der Waals surface area (Å²) in [5.41, 5.74) is -1.24. The summed E-state index contributed by atoms with van der Waals surface area (Å²) >= 11 is 5.99. The van der Waals surface area contributed by atoms with Gasteiger partial charge >= 0.3 is 12.1 Å². The lowest BCUT2D eigenvalue weighted by Crippen LogP contribution is -2.09. The smallest absolute Gasteiger partial charge is 0.418 e. The first-order chi connectivity index (χ1) is 9.36. The van der Waals surface area contributed by atoms with E-state index in [1.807, 2.05) is 0 Å². The van der Waals surface area contributed by atoms with Gasteiger partial charge < -0.3 is 4.74 Å². The number of aromatic nitrogens is 1. The fraction of sp³-hybridized carbons (Fsp3) is 0.231. The molecule has 0 spiro atoms. The van der Waals surface area contributed by atoms with Crippen molar-refractivity contribution in [3.05, 3.63) is 40.5 Å². The molecule has 0 radical (unpaired) electrons. The van der Waals surface area contributed by atoms with Gasteiger partial charge in [-0.15, -0.1) is 12.4 Å². The van der Waals surface area contributed by atoms with Crippen molar-refractivity contribution < 1.29 is 22.7 Å². The van der Waals surface area contributed by atoms with Gasteiger partial charge in [0.05, 0.1) is 28.3 Å². The zero-order chi connectivity index (χ0) is 14.9. The van der Waals surface area contributed by atoms with Crippen LogP contribution in [-0.4, -0.2) is 17.6 Å². The summed E-state index contributed by atoms with van der Waals surface area (Å²) in [6, 6.07) is 3.51. The van der Waals surface area contributed by atoms with Gasteiger partial charge in [0.2, 0.25) is 0 Å². The lowest BCUT2D eigenvalue weighted by molar-refractivity contribution is -0.136. The Balaban J connectivity index is 0.00000220. The predicted octanol–water partition coefficient (Wildman–Crippen LogP) is 4.51. The highest BCUT2D eigenvalue weighted by molar-refractivity contribution is 6.38. The summed E-state index contributed by atoms with van der Waals surface area (Å²) in [4.78, 5) is 15.3. The summed E-state index contributed by atoms with van der Waals surface area (Å²) < 4.78 is 43.3. The minimum atomic E-state index is -4.54. The number of carbonyl (C=O) groups is 1. The fourth-order valence-corrected chi connectivity index (χ4v) is 2.05. The van der Waals surface area contributed by atoms with E-state index in [2.05, 4.69) is 4.98 Å². The Hall–Kier alpha value is -1.53. The first-order valence-corrected chi connectivity index (χ1v) is 6.05. The molecule has 0 aliphatic carbocycles. The zero-order valence-electron chi connectivity index (χ0n) is 10.7. The average Bonchev–Trinajstić information content (AvgIpc) is 2.37. The number of rotatable bonds is 2.